The summed E-state index contributed by atoms with van der Waals surface area (Å²) < 4.78 is 1.03. The summed E-state index contributed by atoms with van der Waals surface area (Å²) in [6.45, 7) is 0. The first kappa shape index (κ1) is 12.3. The van der Waals surface area contributed by atoms with E-state index in [-0.39, 0.29) is 5.54 Å². The highest BCUT2D eigenvalue weighted by Gasteiger charge is 2.39. The van der Waals surface area contributed by atoms with E-state index in [2.05, 4.69) is 39.1 Å². The van der Waals surface area contributed by atoms with Gasteiger partial charge < -0.3 is 4.90 Å². The Hall–Kier alpha value is -1.12. The smallest absolute Gasteiger partial charge is 0.235 e. The predicted octanol–water partition coefficient (Wildman–Crippen LogP) is 3.23. The molecule has 1 fully saturated rings. The van der Waals surface area contributed by atoms with E-state index >= 15 is 0 Å². The van der Waals surface area contributed by atoms with E-state index in [9.17, 15) is 4.79 Å². The van der Waals surface area contributed by atoms with Crippen LogP contribution in [-0.2, 0) is 10.3 Å². The first-order valence-electron chi connectivity index (χ1n) is 5.65. The lowest BCUT2D eigenvalue weighted by Gasteiger charge is -2.37. The van der Waals surface area contributed by atoms with Crippen molar-refractivity contribution in [1.29, 1.82) is 0 Å². The molecule has 1 aliphatic carbocycles. The van der Waals surface area contributed by atoms with Crippen molar-refractivity contribution in [2.45, 2.75) is 24.8 Å². The molecule has 0 spiro atoms. The molecule has 0 aromatic heterocycles. The van der Waals surface area contributed by atoms with Crippen LogP contribution in [0.25, 0.3) is 0 Å². The van der Waals surface area contributed by atoms with Crippen LogP contribution in [0.15, 0.2) is 27.7 Å². The van der Waals surface area contributed by atoms with Gasteiger partial charge in [-0.15, -0.1) is 0 Å². The summed E-state index contributed by atoms with van der Waals surface area (Å²) >= 11 is 3.56. The van der Waals surface area contributed by atoms with Crippen LogP contribution < -0.4 is 4.90 Å². The number of halogens is 1. The SMILES string of the molecule is CN(C)c1ccc(C2(N=C=O)CCC2)cc1Br. The molecule has 0 unspecified atom stereocenters. The summed E-state index contributed by atoms with van der Waals surface area (Å²) in [5.74, 6) is 0. The fourth-order valence-corrected chi connectivity index (χ4v) is 2.96. The Kier molecular flexibility index (Phi) is 3.36. The number of benzene rings is 1. The minimum atomic E-state index is -0.310. The van der Waals surface area contributed by atoms with Gasteiger partial charge in [0, 0.05) is 18.6 Å². The van der Waals surface area contributed by atoms with Crippen LogP contribution in [0.4, 0.5) is 5.69 Å². The Labute approximate surface area is 110 Å². The monoisotopic (exact) mass is 294 g/mol. The molecule has 0 bridgehead atoms. The van der Waals surface area contributed by atoms with Gasteiger partial charge in [0.2, 0.25) is 6.08 Å². The number of isocyanates is 1. The average Bonchev–Trinajstić information content (AvgIpc) is 2.22. The van der Waals surface area contributed by atoms with Gasteiger partial charge in [0.25, 0.3) is 0 Å². The van der Waals surface area contributed by atoms with Crippen LogP contribution in [0.3, 0.4) is 0 Å². The van der Waals surface area contributed by atoms with Gasteiger partial charge in [0.15, 0.2) is 0 Å². The third kappa shape index (κ3) is 2.15. The minimum absolute atomic E-state index is 0.310. The highest BCUT2D eigenvalue weighted by Crippen LogP contribution is 2.46. The molecule has 17 heavy (non-hydrogen) atoms. The zero-order chi connectivity index (χ0) is 12.5. The number of hydrogen-bond donors (Lipinski definition) is 0. The summed E-state index contributed by atoms with van der Waals surface area (Å²) in [6, 6.07) is 6.18. The molecule has 1 saturated carbocycles. The van der Waals surface area contributed by atoms with Gasteiger partial charge in [-0.1, -0.05) is 6.07 Å². The van der Waals surface area contributed by atoms with Crippen LogP contribution in [0, 0.1) is 0 Å². The maximum atomic E-state index is 10.5. The van der Waals surface area contributed by atoms with Gasteiger partial charge >= 0.3 is 0 Å². The fraction of sp³-hybridized carbons (Fsp3) is 0.462. The quantitative estimate of drug-likeness (QED) is 0.633. The first-order valence-corrected chi connectivity index (χ1v) is 6.45. The van der Waals surface area contributed by atoms with Crippen LogP contribution >= 0.6 is 15.9 Å². The summed E-state index contributed by atoms with van der Waals surface area (Å²) in [5.41, 5.74) is 1.91. The standard InChI is InChI=1S/C13H15BrN2O/c1-16(2)12-5-4-10(8-11(12)14)13(15-9-17)6-3-7-13/h4-5,8H,3,6-7H2,1-2H3. The number of aliphatic imine (C=N–C) groups is 1. The predicted molar refractivity (Wildman–Crippen MR) is 72.1 cm³/mol. The molecule has 1 aliphatic rings. The lowest BCUT2D eigenvalue weighted by atomic mass is 9.72. The molecule has 0 atom stereocenters. The van der Waals surface area contributed by atoms with Crippen molar-refractivity contribution >= 4 is 27.7 Å². The second-order valence-corrected chi connectivity index (χ2v) is 5.50. The maximum absolute atomic E-state index is 10.5. The second-order valence-electron chi connectivity index (χ2n) is 4.65. The zero-order valence-electron chi connectivity index (χ0n) is 10.0. The molecule has 2 rings (SSSR count). The Balaban J connectivity index is 2.40. The molecule has 0 radical (unpaired) electrons. The molecule has 1 aromatic carbocycles. The second kappa shape index (κ2) is 4.63. The lowest BCUT2D eigenvalue weighted by Crippen LogP contribution is -2.31. The highest BCUT2D eigenvalue weighted by molar-refractivity contribution is 9.10. The molecule has 90 valence electrons. The summed E-state index contributed by atoms with van der Waals surface area (Å²) in [4.78, 5) is 16.6. The highest BCUT2D eigenvalue weighted by atomic mass is 79.9. The number of rotatable bonds is 3. The van der Waals surface area contributed by atoms with Gasteiger partial charge in [0.05, 0.1) is 11.2 Å². The van der Waals surface area contributed by atoms with Crippen LogP contribution in [0.2, 0.25) is 0 Å². The van der Waals surface area contributed by atoms with Crippen molar-refractivity contribution in [3.8, 4) is 0 Å². The molecular formula is C13H15BrN2O. The van der Waals surface area contributed by atoms with Crippen molar-refractivity contribution in [2.75, 3.05) is 19.0 Å². The van der Waals surface area contributed by atoms with Crippen molar-refractivity contribution in [3.63, 3.8) is 0 Å². The molecule has 0 aliphatic heterocycles. The van der Waals surface area contributed by atoms with E-state index in [0.717, 1.165) is 35.0 Å². The van der Waals surface area contributed by atoms with Crippen molar-refractivity contribution in [3.05, 3.63) is 28.2 Å². The van der Waals surface area contributed by atoms with E-state index < -0.39 is 0 Å². The Morgan fingerprint density at radius 1 is 1.41 bits per heavy atom. The normalized spacial score (nSPS) is 16.9. The third-order valence-electron chi connectivity index (χ3n) is 3.41. The Morgan fingerprint density at radius 2 is 2.12 bits per heavy atom. The van der Waals surface area contributed by atoms with E-state index in [1.54, 1.807) is 6.08 Å². The molecule has 0 N–H and O–H groups in total. The van der Waals surface area contributed by atoms with Gasteiger partial charge in [-0.25, -0.2) is 4.79 Å². The van der Waals surface area contributed by atoms with E-state index in [4.69, 9.17) is 0 Å². The van der Waals surface area contributed by atoms with Crippen LogP contribution in [0.1, 0.15) is 24.8 Å². The van der Waals surface area contributed by atoms with Gasteiger partial charge in [-0.2, -0.15) is 4.99 Å². The molecule has 0 saturated heterocycles. The summed E-state index contributed by atoms with van der Waals surface area (Å²) in [6.07, 6.45) is 4.72. The fourth-order valence-electron chi connectivity index (χ4n) is 2.22. The van der Waals surface area contributed by atoms with Crippen molar-refractivity contribution in [1.82, 2.24) is 0 Å². The van der Waals surface area contributed by atoms with Gasteiger partial charge in [0.1, 0.15) is 0 Å². The Morgan fingerprint density at radius 3 is 2.53 bits per heavy atom. The van der Waals surface area contributed by atoms with Crippen molar-refractivity contribution < 1.29 is 4.79 Å². The van der Waals surface area contributed by atoms with E-state index in [1.807, 2.05) is 19.0 Å². The van der Waals surface area contributed by atoms with Gasteiger partial charge in [-0.3, -0.25) is 0 Å². The third-order valence-corrected chi connectivity index (χ3v) is 4.04. The maximum Gasteiger partial charge on any atom is 0.235 e. The molecular weight excluding hydrogens is 280 g/mol. The molecule has 0 amide bonds. The van der Waals surface area contributed by atoms with E-state index in [1.165, 1.54) is 0 Å². The number of hydrogen-bond acceptors (Lipinski definition) is 3. The molecule has 1 aromatic rings. The largest absolute Gasteiger partial charge is 0.377 e. The van der Waals surface area contributed by atoms with Crippen molar-refractivity contribution in [2.24, 2.45) is 4.99 Å². The Bertz CT molecular complexity index is 474. The minimum Gasteiger partial charge on any atom is -0.377 e. The zero-order valence-corrected chi connectivity index (χ0v) is 11.6. The van der Waals surface area contributed by atoms with E-state index in [0.29, 0.717) is 0 Å². The lowest BCUT2D eigenvalue weighted by molar-refractivity contribution is 0.256. The summed E-state index contributed by atoms with van der Waals surface area (Å²) in [7, 11) is 4.00. The molecule has 3 nitrogen and oxygen atoms in total. The van der Waals surface area contributed by atoms with Crippen LogP contribution in [0.5, 0.6) is 0 Å². The number of nitrogens with zero attached hydrogens (tertiary/aromatic N) is 2. The molecule has 4 heteroatoms. The van der Waals surface area contributed by atoms with Crippen LogP contribution in [-0.4, -0.2) is 20.2 Å². The van der Waals surface area contributed by atoms with Gasteiger partial charge in [-0.05, 0) is 52.9 Å². The molecule has 0 heterocycles. The number of anilines is 1. The average molecular weight is 295 g/mol. The first-order chi connectivity index (χ1) is 8.09. The topological polar surface area (TPSA) is 32.7 Å². The number of carbonyl (C=O) groups excluding carboxylic acids is 1. The summed E-state index contributed by atoms with van der Waals surface area (Å²) in [5, 5.41) is 0.